The van der Waals surface area contributed by atoms with Crippen molar-refractivity contribution in [3.05, 3.63) is 89.0 Å². The van der Waals surface area contributed by atoms with E-state index in [0.29, 0.717) is 34.1 Å². The van der Waals surface area contributed by atoms with Crippen molar-refractivity contribution in [2.75, 3.05) is 21.3 Å². The predicted molar refractivity (Wildman–Crippen MR) is 143 cm³/mol. The molecular formula is C30H31NO7. The lowest BCUT2D eigenvalue weighted by Crippen LogP contribution is -2.29. The number of Topliss-reactive ketones (excluding diaryl/α,β-unsaturated/α-hetero) is 1. The van der Waals surface area contributed by atoms with Gasteiger partial charge < -0.3 is 29.0 Å². The van der Waals surface area contributed by atoms with Gasteiger partial charge in [-0.3, -0.25) is 9.59 Å². The summed E-state index contributed by atoms with van der Waals surface area (Å²) in [6.45, 7) is 3.88. The van der Waals surface area contributed by atoms with E-state index in [1.54, 1.807) is 55.6 Å². The summed E-state index contributed by atoms with van der Waals surface area (Å²) in [7, 11) is 4.58. The summed E-state index contributed by atoms with van der Waals surface area (Å²) in [5.41, 5.74) is 1.63. The third kappa shape index (κ3) is 5.16. The Bertz CT molecular complexity index is 1380. The van der Waals surface area contributed by atoms with E-state index >= 15 is 0 Å². The minimum atomic E-state index is -0.894. The molecule has 4 rings (SSSR count). The number of para-hydroxylation sites is 1. The number of carbonyl (C=O) groups is 2. The zero-order chi connectivity index (χ0) is 27.4. The number of benzene rings is 3. The molecule has 3 aromatic rings. The molecule has 0 spiro atoms. The van der Waals surface area contributed by atoms with Crippen molar-refractivity contribution in [1.82, 2.24) is 4.90 Å². The molecule has 1 amide bonds. The van der Waals surface area contributed by atoms with E-state index in [2.05, 4.69) is 0 Å². The van der Waals surface area contributed by atoms with E-state index in [-0.39, 0.29) is 24.0 Å². The first kappa shape index (κ1) is 26.6. The molecule has 198 valence electrons. The Labute approximate surface area is 222 Å². The topological polar surface area (TPSA) is 94.5 Å². The first-order chi connectivity index (χ1) is 18.3. The Morgan fingerprint density at radius 2 is 1.58 bits per heavy atom. The van der Waals surface area contributed by atoms with E-state index in [1.165, 1.54) is 19.1 Å². The molecule has 0 radical (unpaired) electrons. The predicted octanol–water partition coefficient (Wildman–Crippen LogP) is 5.12. The van der Waals surface area contributed by atoms with Crippen molar-refractivity contribution in [2.24, 2.45) is 0 Å². The summed E-state index contributed by atoms with van der Waals surface area (Å²) in [6.07, 6.45) is -0.0782. The van der Waals surface area contributed by atoms with Gasteiger partial charge in [0.05, 0.1) is 45.6 Å². The molecule has 0 aromatic heterocycles. The summed E-state index contributed by atoms with van der Waals surface area (Å²) < 4.78 is 22.1. The minimum absolute atomic E-state index is 0.0289. The number of amides is 1. The monoisotopic (exact) mass is 517 g/mol. The number of carbonyl (C=O) groups excluding carboxylic acids is 2. The number of ether oxygens (including phenoxy) is 4. The number of ketones is 1. The Balaban J connectivity index is 1.89. The maximum Gasteiger partial charge on any atom is 0.295 e. The number of rotatable bonds is 9. The van der Waals surface area contributed by atoms with Crippen LogP contribution in [0.3, 0.4) is 0 Å². The molecule has 1 aliphatic rings. The van der Waals surface area contributed by atoms with Crippen molar-refractivity contribution < 1.29 is 33.6 Å². The summed E-state index contributed by atoms with van der Waals surface area (Å²) in [5.74, 6) is 0.240. The van der Waals surface area contributed by atoms with Crippen LogP contribution < -0.4 is 18.9 Å². The highest BCUT2D eigenvalue weighted by atomic mass is 16.5. The number of hydrogen-bond acceptors (Lipinski definition) is 7. The molecule has 0 bridgehead atoms. The quantitative estimate of drug-likeness (QED) is 0.239. The highest BCUT2D eigenvalue weighted by Gasteiger charge is 2.46. The van der Waals surface area contributed by atoms with Crippen LogP contribution in [0.5, 0.6) is 23.0 Å². The fraction of sp³-hybridized carbons (Fsp3) is 0.267. The van der Waals surface area contributed by atoms with Gasteiger partial charge in [-0.05, 0) is 49.7 Å². The van der Waals surface area contributed by atoms with Crippen molar-refractivity contribution in [2.45, 2.75) is 32.5 Å². The van der Waals surface area contributed by atoms with E-state index in [4.69, 9.17) is 18.9 Å². The summed E-state index contributed by atoms with van der Waals surface area (Å²) in [4.78, 5) is 28.3. The first-order valence-electron chi connectivity index (χ1n) is 12.2. The molecule has 38 heavy (non-hydrogen) atoms. The maximum absolute atomic E-state index is 13.5. The van der Waals surface area contributed by atoms with Crippen LogP contribution in [-0.4, -0.2) is 49.1 Å². The molecule has 1 fully saturated rings. The Kier molecular flexibility index (Phi) is 7.90. The number of aliphatic hydroxyl groups excluding tert-OH is 1. The molecule has 1 saturated heterocycles. The van der Waals surface area contributed by atoms with Crippen LogP contribution in [0.25, 0.3) is 5.76 Å². The van der Waals surface area contributed by atoms with Crippen molar-refractivity contribution >= 4 is 17.4 Å². The van der Waals surface area contributed by atoms with E-state index < -0.39 is 17.7 Å². The van der Waals surface area contributed by atoms with Crippen molar-refractivity contribution in [3.8, 4) is 23.0 Å². The van der Waals surface area contributed by atoms with Gasteiger partial charge in [0.1, 0.15) is 17.3 Å². The average molecular weight is 518 g/mol. The van der Waals surface area contributed by atoms with Gasteiger partial charge in [-0.2, -0.15) is 0 Å². The van der Waals surface area contributed by atoms with Crippen LogP contribution in [0.2, 0.25) is 0 Å². The number of aliphatic hydroxyl groups is 1. The lowest BCUT2D eigenvalue weighted by molar-refractivity contribution is -0.140. The Morgan fingerprint density at radius 3 is 2.26 bits per heavy atom. The SMILES string of the molecule is COc1ccccc1CN1C(=O)C(=O)/C(=C(\O)c2cccc(OC(C)C)c2)C1c1ccc(OC)c(OC)c1. The van der Waals surface area contributed by atoms with Gasteiger partial charge in [-0.15, -0.1) is 0 Å². The highest BCUT2D eigenvalue weighted by Crippen LogP contribution is 2.43. The maximum atomic E-state index is 13.5. The van der Waals surface area contributed by atoms with Crippen molar-refractivity contribution in [1.29, 1.82) is 0 Å². The minimum Gasteiger partial charge on any atom is -0.507 e. The number of nitrogens with zero attached hydrogens (tertiary/aromatic N) is 1. The molecule has 1 atom stereocenters. The average Bonchev–Trinajstić information content (AvgIpc) is 3.17. The number of methoxy groups -OCH3 is 3. The van der Waals surface area contributed by atoms with Crippen LogP contribution in [0, 0.1) is 0 Å². The van der Waals surface area contributed by atoms with Crippen LogP contribution >= 0.6 is 0 Å². The molecule has 1 heterocycles. The molecule has 8 heteroatoms. The second-order valence-corrected chi connectivity index (χ2v) is 9.05. The van der Waals surface area contributed by atoms with E-state index in [0.717, 1.165) is 5.56 Å². The fourth-order valence-corrected chi connectivity index (χ4v) is 4.57. The van der Waals surface area contributed by atoms with Crippen LogP contribution in [0.15, 0.2) is 72.3 Å². The second kappa shape index (κ2) is 11.3. The third-order valence-corrected chi connectivity index (χ3v) is 6.28. The third-order valence-electron chi connectivity index (χ3n) is 6.28. The molecule has 1 N–H and O–H groups in total. The van der Waals surface area contributed by atoms with Crippen molar-refractivity contribution in [3.63, 3.8) is 0 Å². The molecule has 1 aliphatic heterocycles. The first-order valence-corrected chi connectivity index (χ1v) is 12.2. The largest absolute Gasteiger partial charge is 0.507 e. The van der Waals surface area contributed by atoms with Gasteiger partial charge in [-0.25, -0.2) is 0 Å². The second-order valence-electron chi connectivity index (χ2n) is 9.05. The van der Waals surface area contributed by atoms with Gasteiger partial charge in [-0.1, -0.05) is 36.4 Å². The number of likely N-dealkylation sites (tertiary alicyclic amines) is 1. The van der Waals surface area contributed by atoms with Gasteiger partial charge in [0.25, 0.3) is 11.7 Å². The van der Waals surface area contributed by atoms with Gasteiger partial charge in [0, 0.05) is 11.1 Å². The highest BCUT2D eigenvalue weighted by molar-refractivity contribution is 6.46. The molecule has 8 nitrogen and oxygen atoms in total. The fourth-order valence-electron chi connectivity index (χ4n) is 4.57. The van der Waals surface area contributed by atoms with Gasteiger partial charge >= 0.3 is 0 Å². The lowest BCUT2D eigenvalue weighted by atomic mass is 9.94. The Hall–Kier alpha value is -4.46. The standard InChI is InChI=1S/C30H31NO7/c1-18(2)38-22-11-8-10-20(15-22)28(32)26-27(19-13-14-24(36-4)25(16-19)37-5)31(30(34)29(26)33)17-21-9-6-7-12-23(21)35-3/h6-16,18,27,32H,17H2,1-5H3/b28-26-. The zero-order valence-corrected chi connectivity index (χ0v) is 22.1. The van der Waals surface area contributed by atoms with Crippen LogP contribution in [-0.2, 0) is 16.1 Å². The number of hydrogen-bond donors (Lipinski definition) is 1. The normalized spacial score (nSPS) is 16.6. The lowest BCUT2D eigenvalue weighted by Gasteiger charge is -2.26. The summed E-state index contributed by atoms with van der Waals surface area (Å²) in [6, 6.07) is 18.4. The molecular weight excluding hydrogens is 486 g/mol. The summed E-state index contributed by atoms with van der Waals surface area (Å²) >= 11 is 0. The molecule has 0 saturated carbocycles. The van der Waals surface area contributed by atoms with E-state index in [1.807, 2.05) is 32.0 Å². The van der Waals surface area contributed by atoms with Gasteiger partial charge in [0.2, 0.25) is 0 Å². The Morgan fingerprint density at radius 1 is 0.868 bits per heavy atom. The van der Waals surface area contributed by atoms with E-state index in [9.17, 15) is 14.7 Å². The van der Waals surface area contributed by atoms with Crippen LogP contribution in [0.4, 0.5) is 0 Å². The van der Waals surface area contributed by atoms with Crippen LogP contribution in [0.1, 0.15) is 36.6 Å². The smallest absolute Gasteiger partial charge is 0.295 e. The molecule has 0 aliphatic carbocycles. The van der Waals surface area contributed by atoms with Gasteiger partial charge in [0.15, 0.2) is 11.5 Å². The zero-order valence-electron chi connectivity index (χ0n) is 22.1. The summed E-state index contributed by atoms with van der Waals surface area (Å²) in [5, 5.41) is 11.5. The molecule has 1 unspecified atom stereocenters. The molecule has 3 aromatic carbocycles.